The van der Waals surface area contributed by atoms with Crippen LogP contribution in [0.1, 0.15) is 31.1 Å². The molecule has 8 nitrogen and oxygen atoms in total. The summed E-state index contributed by atoms with van der Waals surface area (Å²) in [5, 5.41) is 0.810. The number of methoxy groups -OCH3 is 1. The zero-order valence-corrected chi connectivity index (χ0v) is 21.0. The number of piperazine rings is 1. The summed E-state index contributed by atoms with van der Waals surface area (Å²) in [6.45, 7) is 9.11. The van der Waals surface area contributed by atoms with Crippen LogP contribution in [0.5, 0.6) is 5.75 Å². The molecule has 2 aromatic rings. The predicted molar refractivity (Wildman–Crippen MR) is 131 cm³/mol. The van der Waals surface area contributed by atoms with Gasteiger partial charge in [0, 0.05) is 50.4 Å². The summed E-state index contributed by atoms with van der Waals surface area (Å²) in [6.07, 6.45) is 0. The Labute approximate surface area is 204 Å². The molecule has 1 aromatic heterocycles. The van der Waals surface area contributed by atoms with Gasteiger partial charge in [0.1, 0.15) is 16.7 Å². The third kappa shape index (κ3) is 6.29. The molecule has 1 unspecified atom stereocenters. The van der Waals surface area contributed by atoms with Gasteiger partial charge in [-0.3, -0.25) is 9.59 Å². The number of halogens is 1. The second kappa shape index (κ2) is 11.6. The molecule has 0 spiro atoms. The fourth-order valence-electron chi connectivity index (χ4n) is 3.77. The lowest BCUT2D eigenvalue weighted by Crippen LogP contribution is -2.54. The highest BCUT2D eigenvalue weighted by molar-refractivity contribution is 7.99. The van der Waals surface area contributed by atoms with E-state index in [0.29, 0.717) is 54.4 Å². The smallest absolute Gasteiger partial charge is 0.254 e. The van der Waals surface area contributed by atoms with Crippen molar-refractivity contribution < 1.29 is 14.3 Å². The molecule has 10 heteroatoms. The van der Waals surface area contributed by atoms with Gasteiger partial charge in [0.05, 0.1) is 12.9 Å². The van der Waals surface area contributed by atoms with Gasteiger partial charge in [-0.25, -0.2) is 9.97 Å². The van der Waals surface area contributed by atoms with Crippen LogP contribution >= 0.6 is 23.4 Å². The van der Waals surface area contributed by atoms with Crippen LogP contribution in [0.4, 0.5) is 5.82 Å². The zero-order chi connectivity index (χ0) is 24.0. The summed E-state index contributed by atoms with van der Waals surface area (Å²) in [5.41, 5.74) is 0.637. The van der Waals surface area contributed by atoms with Crippen molar-refractivity contribution in [1.82, 2.24) is 19.8 Å². The van der Waals surface area contributed by atoms with Gasteiger partial charge in [0.15, 0.2) is 5.16 Å². The van der Waals surface area contributed by atoms with Crippen molar-refractivity contribution in [1.29, 1.82) is 0 Å². The molecule has 2 heterocycles. The number of nitrogens with zero attached hydrogens (tertiary/aromatic N) is 5. The maximum atomic E-state index is 13.0. The maximum Gasteiger partial charge on any atom is 0.254 e. The Kier molecular flexibility index (Phi) is 8.80. The molecule has 3 rings (SSSR count). The fourth-order valence-corrected chi connectivity index (χ4v) is 4.76. The summed E-state index contributed by atoms with van der Waals surface area (Å²) in [5.74, 6) is 1.74. The number of benzene rings is 1. The average molecular weight is 492 g/mol. The molecular formula is C23H30ClN5O3S. The Bertz CT molecular complexity index is 971. The van der Waals surface area contributed by atoms with Crippen LogP contribution in [0, 0.1) is 0 Å². The number of rotatable bonds is 8. The highest BCUT2D eigenvalue weighted by Gasteiger charge is 2.29. The quantitative estimate of drug-likeness (QED) is 0.318. The van der Waals surface area contributed by atoms with Crippen LogP contribution in [0.3, 0.4) is 0 Å². The second-order valence-electron chi connectivity index (χ2n) is 7.71. The van der Waals surface area contributed by atoms with E-state index in [1.165, 1.54) is 11.8 Å². The molecule has 2 amide bonds. The van der Waals surface area contributed by atoms with E-state index in [-0.39, 0.29) is 23.6 Å². The van der Waals surface area contributed by atoms with Crippen LogP contribution in [-0.4, -0.2) is 83.2 Å². The summed E-state index contributed by atoms with van der Waals surface area (Å²) in [4.78, 5) is 40.0. The van der Waals surface area contributed by atoms with Crippen LogP contribution in [0.15, 0.2) is 35.5 Å². The van der Waals surface area contributed by atoms with E-state index in [9.17, 15) is 9.59 Å². The van der Waals surface area contributed by atoms with Crippen molar-refractivity contribution in [3.05, 3.63) is 41.0 Å². The van der Waals surface area contributed by atoms with Gasteiger partial charge >= 0.3 is 0 Å². The van der Waals surface area contributed by atoms with E-state index in [2.05, 4.69) is 14.9 Å². The molecule has 0 saturated carbocycles. The van der Waals surface area contributed by atoms with Gasteiger partial charge in [-0.1, -0.05) is 23.4 Å². The normalized spacial score (nSPS) is 16.0. The summed E-state index contributed by atoms with van der Waals surface area (Å²) in [6, 6.07) is 8.87. The lowest BCUT2D eigenvalue weighted by molar-refractivity contribution is -0.127. The monoisotopic (exact) mass is 491 g/mol. The van der Waals surface area contributed by atoms with Gasteiger partial charge in [0.2, 0.25) is 5.91 Å². The van der Waals surface area contributed by atoms with Crippen LogP contribution in [0.2, 0.25) is 5.15 Å². The Morgan fingerprint density at radius 2 is 1.88 bits per heavy atom. The third-order valence-corrected chi connectivity index (χ3v) is 6.68. The summed E-state index contributed by atoms with van der Waals surface area (Å²) < 4.78 is 5.17. The van der Waals surface area contributed by atoms with Crippen molar-refractivity contribution in [2.75, 3.05) is 50.5 Å². The SMILES string of the molecule is CCN(CC)C(=O)CSc1nc(Cl)cc(N2CCN(C(=O)c3ccc(OC)cc3)C(C)C2)n1. The van der Waals surface area contributed by atoms with Crippen molar-refractivity contribution in [3.63, 3.8) is 0 Å². The van der Waals surface area contributed by atoms with Crippen molar-refractivity contribution in [2.24, 2.45) is 0 Å². The molecular weight excluding hydrogens is 462 g/mol. The molecule has 0 aliphatic carbocycles. The molecule has 1 atom stereocenters. The first-order valence-corrected chi connectivity index (χ1v) is 12.4. The lowest BCUT2D eigenvalue weighted by atomic mass is 10.1. The molecule has 33 heavy (non-hydrogen) atoms. The molecule has 0 bridgehead atoms. The molecule has 0 N–H and O–H groups in total. The molecule has 1 aliphatic rings. The lowest BCUT2D eigenvalue weighted by Gasteiger charge is -2.40. The molecule has 0 radical (unpaired) electrons. The van der Waals surface area contributed by atoms with Crippen LogP contribution in [0.25, 0.3) is 0 Å². The first-order valence-electron chi connectivity index (χ1n) is 11.0. The number of aromatic nitrogens is 2. The van der Waals surface area contributed by atoms with Gasteiger partial charge in [-0.2, -0.15) is 0 Å². The number of amides is 2. The fraction of sp³-hybridized carbons (Fsp3) is 0.478. The minimum atomic E-state index is -0.0116. The molecule has 1 aromatic carbocycles. The second-order valence-corrected chi connectivity index (χ2v) is 9.04. The maximum absolute atomic E-state index is 13.0. The average Bonchev–Trinajstić information content (AvgIpc) is 2.82. The van der Waals surface area contributed by atoms with Crippen molar-refractivity contribution in [3.8, 4) is 5.75 Å². The number of carbonyl (C=O) groups excluding carboxylic acids is 2. The van der Waals surface area contributed by atoms with Gasteiger partial charge in [0.25, 0.3) is 5.91 Å². The van der Waals surface area contributed by atoms with Crippen molar-refractivity contribution in [2.45, 2.75) is 32.0 Å². The summed E-state index contributed by atoms with van der Waals surface area (Å²) >= 11 is 7.55. The van der Waals surface area contributed by atoms with E-state index < -0.39 is 0 Å². The Morgan fingerprint density at radius 1 is 1.18 bits per heavy atom. The summed E-state index contributed by atoms with van der Waals surface area (Å²) in [7, 11) is 1.60. The molecule has 1 aliphatic heterocycles. The van der Waals surface area contributed by atoms with Crippen LogP contribution < -0.4 is 9.64 Å². The van der Waals surface area contributed by atoms with E-state index >= 15 is 0 Å². The standard InChI is InChI=1S/C23H30ClN5O3S/c1-5-27(6-2)21(30)15-33-23-25-19(24)13-20(26-23)28-11-12-29(16(3)14-28)22(31)17-7-9-18(32-4)10-8-17/h7-10,13,16H,5-6,11-12,14-15H2,1-4H3. The Hall–Kier alpha value is -2.52. The van der Waals surface area contributed by atoms with E-state index in [0.717, 1.165) is 5.75 Å². The number of hydrogen-bond donors (Lipinski definition) is 0. The third-order valence-electron chi connectivity index (χ3n) is 5.65. The van der Waals surface area contributed by atoms with Crippen molar-refractivity contribution >= 4 is 41.0 Å². The predicted octanol–water partition coefficient (Wildman–Crippen LogP) is 3.45. The number of hydrogen-bond acceptors (Lipinski definition) is 7. The minimum absolute atomic E-state index is 0.00307. The largest absolute Gasteiger partial charge is 0.497 e. The van der Waals surface area contributed by atoms with E-state index in [1.807, 2.05) is 25.7 Å². The van der Waals surface area contributed by atoms with Gasteiger partial charge in [-0.15, -0.1) is 0 Å². The zero-order valence-electron chi connectivity index (χ0n) is 19.5. The number of carbonyl (C=O) groups is 2. The Balaban J connectivity index is 1.65. The van der Waals surface area contributed by atoms with E-state index in [4.69, 9.17) is 16.3 Å². The first kappa shape index (κ1) is 25.1. The highest BCUT2D eigenvalue weighted by atomic mass is 35.5. The van der Waals surface area contributed by atoms with Gasteiger partial charge in [-0.05, 0) is 45.0 Å². The molecule has 1 saturated heterocycles. The number of ether oxygens (including phenoxy) is 1. The topological polar surface area (TPSA) is 78.9 Å². The highest BCUT2D eigenvalue weighted by Crippen LogP contribution is 2.25. The molecule has 178 valence electrons. The van der Waals surface area contributed by atoms with Crippen LogP contribution in [-0.2, 0) is 4.79 Å². The molecule has 1 fully saturated rings. The van der Waals surface area contributed by atoms with Gasteiger partial charge < -0.3 is 19.4 Å². The number of anilines is 1. The Morgan fingerprint density at radius 3 is 2.48 bits per heavy atom. The number of thioether (sulfide) groups is 1. The minimum Gasteiger partial charge on any atom is -0.497 e. The van der Waals surface area contributed by atoms with E-state index in [1.54, 1.807) is 42.3 Å². The first-order chi connectivity index (χ1) is 15.9.